The van der Waals surface area contributed by atoms with E-state index in [1.807, 2.05) is 0 Å². The Hall–Kier alpha value is -1.12. The van der Waals surface area contributed by atoms with Gasteiger partial charge in [-0.3, -0.25) is 4.79 Å². The number of hydrogen-bond donors (Lipinski definition) is 0. The summed E-state index contributed by atoms with van der Waals surface area (Å²) in [5.74, 6) is -0.0138. The Morgan fingerprint density at radius 3 is 2.24 bits per heavy atom. The molecule has 21 heavy (non-hydrogen) atoms. The zero-order chi connectivity index (χ0) is 15.6. The first-order valence-electron chi connectivity index (χ1n) is 7.88. The van der Waals surface area contributed by atoms with Gasteiger partial charge in [0.1, 0.15) is 5.41 Å². The zero-order valence-electron chi connectivity index (χ0n) is 13.4. The molecule has 0 bridgehead atoms. The summed E-state index contributed by atoms with van der Waals surface area (Å²) in [5, 5.41) is 9.63. The van der Waals surface area contributed by atoms with E-state index in [1.54, 1.807) is 19.1 Å². The molecule has 1 rings (SSSR count). The van der Waals surface area contributed by atoms with Gasteiger partial charge in [-0.05, 0) is 19.3 Å². The molecular formula is C16H28N2O3. The summed E-state index contributed by atoms with van der Waals surface area (Å²) in [4.78, 5) is 14.7. The Morgan fingerprint density at radius 2 is 1.71 bits per heavy atom. The quantitative estimate of drug-likeness (QED) is 0.509. The van der Waals surface area contributed by atoms with E-state index in [0.717, 1.165) is 32.1 Å². The SMILES string of the molecule is COCCCN(CCOC)C(=O)C1(C#N)CCCCCC1. The minimum absolute atomic E-state index is 0.0138. The molecule has 1 amide bonds. The van der Waals surface area contributed by atoms with Crippen molar-refractivity contribution in [2.45, 2.75) is 44.9 Å². The van der Waals surface area contributed by atoms with Crippen molar-refractivity contribution < 1.29 is 14.3 Å². The second kappa shape index (κ2) is 9.75. The number of amides is 1. The number of ether oxygens (including phenoxy) is 2. The average molecular weight is 296 g/mol. The van der Waals surface area contributed by atoms with Crippen LogP contribution in [0.2, 0.25) is 0 Å². The Balaban J connectivity index is 2.76. The van der Waals surface area contributed by atoms with Crippen LogP contribution in [0.5, 0.6) is 0 Å². The van der Waals surface area contributed by atoms with E-state index in [-0.39, 0.29) is 5.91 Å². The number of nitriles is 1. The summed E-state index contributed by atoms with van der Waals surface area (Å²) in [6.45, 7) is 2.29. The maximum Gasteiger partial charge on any atom is 0.243 e. The summed E-state index contributed by atoms with van der Waals surface area (Å²) >= 11 is 0. The molecule has 0 unspecified atom stereocenters. The Labute approximate surface area is 128 Å². The highest BCUT2D eigenvalue weighted by Crippen LogP contribution is 2.36. The van der Waals surface area contributed by atoms with Crippen LogP contribution in [0.1, 0.15) is 44.9 Å². The molecular weight excluding hydrogens is 268 g/mol. The maximum absolute atomic E-state index is 12.9. The van der Waals surface area contributed by atoms with Crippen molar-refractivity contribution in [3.05, 3.63) is 0 Å². The van der Waals surface area contributed by atoms with E-state index in [0.29, 0.717) is 39.1 Å². The summed E-state index contributed by atoms with van der Waals surface area (Å²) in [6, 6.07) is 2.34. The first-order chi connectivity index (χ1) is 10.2. The maximum atomic E-state index is 12.9. The van der Waals surface area contributed by atoms with E-state index in [9.17, 15) is 10.1 Å². The predicted octanol–water partition coefficient (Wildman–Crippen LogP) is 2.36. The minimum Gasteiger partial charge on any atom is -0.385 e. The van der Waals surface area contributed by atoms with Gasteiger partial charge < -0.3 is 14.4 Å². The second-order valence-electron chi connectivity index (χ2n) is 5.74. The monoisotopic (exact) mass is 296 g/mol. The molecule has 0 radical (unpaired) electrons. The molecule has 0 aliphatic heterocycles. The number of carbonyl (C=O) groups excluding carboxylic acids is 1. The fourth-order valence-corrected chi connectivity index (χ4v) is 2.92. The lowest BCUT2D eigenvalue weighted by molar-refractivity contribution is -0.140. The smallest absolute Gasteiger partial charge is 0.243 e. The van der Waals surface area contributed by atoms with Crippen LogP contribution in [0.4, 0.5) is 0 Å². The predicted molar refractivity (Wildman–Crippen MR) is 80.7 cm³/mol. The number of hydrogen-bond acceptors (Lipinski definition) is 4. The molecule has 0 aromatic rings. The number of nitrogens with zero attached hydrogens (tertiary/aromatic N) is 2. The highest BCUT2D eigenvalue weighted by molar-refractivity contribution is 5.85. The highest BCUT2D eigenvalue weighted by Gasteiger charge is 2.41. The molecule has 120 valence electrons. The lowest BCUT2D eigenvalue weighted by atomic mass is 9.80. The van der Waals surface area contributed by atoms with Gasteiger partial charge in [-0.25, -0.2) is 0 Å². The fourth-order valence-electron chi connectivity index (χ4n) is 2.92. The van der Waals surface area contributed by atoms with Gasteiger partial charge in [0.2, 0.25) is 5.91 Å². The van der Waals surface area contributed by atoms with E-state index in [4.69, 9.17) is 9.47 Å². The van der Waals surface area contributed by atoms with Gasteiger partial charge in [-0.1, -0.05) is 25.7 Å². The fraction of sp³-hybridized carbons (Fsp3) is 0.875. The molecule has 1 saturated carbocycles. The Kier molecular flexibility index (Phi) is 8.33. The molecule has 5 heteroatoms. The third-order valence-electron chi connectivity index (χ3n) is 4.21. The van der Waals surface area contributed by atoms with Gasteiger partial charge in [-0.2, -0.15) is 5.26 Å². The minimum atomic E-state index is -0.822. The first-order valence-corrected chi connectivity index (χ1v) is 7.88. The van der Waals surface area contributed by atoms with Crippen molar-refractivity contribution in [1.82, 2.24) is 4.90 Å². The van der Waals surface area contributed by atoms with E-state index in [2.05, 4.69) is 6.07 Å². The average Bonchev–Trinajstić information content (AvgIpc) is 2.76. The van der Waals surface area contributed by atoms with E-state index >= 15 is 0 Å². The van der Waals surface area contributed by atoms with E-state index < -0.39 is 5.41 Å². The molecule has 1 aliphatic rings. The van der Waals surface area contributed by atoms with Crippen LogP contribution in [-0.2, 0) is 14.3 Å². The summed E-state index contributed by atoms with van der Waals surface area (Å²) in [5.41, 5.74) is -0.822. The van der Waals surface area contributed by atoms with Crippen molar-refractivity contribution >= 4 is 5.91 Å². The molecule has 0 aromatic heterocycles. The van der Waals surface area contributed by atoms with Crippen LogP contribution >= 0.6 is 0 Å². The summed E-state index contributed by atoms with van der Waals surface area (Å²) in [7, 11) is 3.28. The van der Waals surface area contributed by atoms with Crippen molar-refractivity contribution in [3.63, 3.8) is 0 Å². The topological polar surface area (TPSA) is 62.6 Å². The lowest BCUT2D eigenvalue weighted by Crippen LogP contribution is -2.45. The summed E-state index contributed by atoms with van der Waals surface area (Å²) < 4.78 is 10.2. The lowest BCUT2D eigenvalue weighted by Gasteiger charge is -2.32. The number of rotatable bonds is 8. The van der Waals surface area contributed by atoms with Gasteiger partial charge in [-0.15, -0.1) is 0 Å². The normalized spacial score (nSPS) is 17.8. The van der Waals surface area contributed by atoms with Crippen molar-refractivity contribution in [2.24, 2.45) is 5.41 Å². The second-order valence-corrected chi connectivity index (χ2v) is 5.74. The Bertz CT molecular complexity index is 344. The molecule has 0 aromatic carbocycles. The molecule has 0 atom stereocenters. The van der Waals surface area contributed by atoms with E-state index in [1.165, 1.54) is 0 Å². The van der Waals surface area contributed by atoms with Gasteiger partial charge in [0.15, 0.2) is 0 Å². The molecule has 1 fully saturated rings. The molecule has 1 aliphatic carbocycles. The highest BCUT2D eigenvalue weighted by atomic mass is 16.5. The molecule has 5 nitrogen and oxygen atoms in total. The van der Waals surface area contributed by atoms with Gasteiger partial charge in [0.05, 0.1) is 12.7 Å². The zero-order valence-corrected chi connectivity index (χ0v) is 13.4. The van der Waals surface area contributed by atoms with Crippen molar-refractivity contribution in [2.75, 3.05) is 40.5 Å². The largest absolute Gasteiger partial charge is 0.385 e. The number of methoxy groups -OCH3 is 2. The molecule has 0 N–H and O–H groups in total. The van der Waals surface area contributed by atoms with Gasteiger partial charge in [0, 0.05) is 33.9 Å². The molecule has 0 spiro atoms. The Morgan fingerprint density at radius 1 is 1.10 bits per heavy atom. The first kappa shape index (κ1) is 17.9. The van der Waals surface area contributed by atoms with Crippen LogP contribution in [-0.4, -0.2) is 51.3 Å². The summed E-state index contributed by atoms with van der Waals surface area (Å²) in [6.07, 6.45) is 6.35. The van der Waals surface area contributed by atoms with Crippen molar-refractivity contribution in [1.29, 1.82) is 5.26 Å². The van der Waals surface area contributed by atoms with Crippen LogP contribution in [0.25, 0.3) is 0 Å². The van der Waals surface area contributed by atoms with Crippen LogP contribution in [0, 0.1) is 16.7 Å². The standard InChI is InChI=1S/C16H28N2O3/c1-20-12-7-10-18(11-13-21-2)15(19)16(14-17)8-5-3-4-6-9-16/h3-13H2,1-2H3. The van der Waals surface area contributed by atoms with Crippen LogP contribution in [0.15, 0.2) is 0 Å². The van der Waals surface area contributed by atoms with Crippen LogP contribution in [0.3, 0.4) is 0 Å². The third-order valence-corrected chi connectivity index (χ3v) is 4.21. The third kappa shape index (κ3) is 5.29. The number of carbonyl (C=O) groups is 1. The molecule has 0 heterocycles. The van der Waals surface area contributed by atoms with Gasteiger partial charge in [0.25, 0.3) is 0 Å². The van der Waals surface area contributed by atoms with Crippen molar-refractivity contribution in [3.8, 4) is 6.07 Å². The molecule has 0 saturated heterocycles. The van der Waals surface area contributed by atoms with Crippen LogP contribution < -0.4 is 0 Å². The van der Waals surface area contributed by atoms with Gasteiger partial charge >= 0.3 is 0 Å².